The van der Waals surface area contributed by atoms with Crippen LogP contribution in [0.3, 0.4) is 0 Å². The average Bonchev–Trinajstić information content (AvgIpc) is 2.65. The summed E-state index contributed by atoms with van der Waals surface area (Å²) in [5.74, 6) is 0. The number of nitrogens with one attached hydrogen (secondary N) is 1. The third-order valence-corrected chi connectivity index (χ3v) is 4.52. The maximum Gasteiger partial charge on any atom is 0.0759 e. The number of aromatic nitrogens is 1. The van der Waals surface area contributed by atoms with Gasteiger partial charge in [-0.05, 0) is 42.8 Å². The Balaban J connectivity index is 1.97. The summed E-state index contributed by atoms with van der Waals surface area (Å²) in [5.41, 5.74) is 6.17. The number of nitrogens with zero attached hydrogens (tertiary/aromatic N) is 1. The number of hydrogen-bond donors (Lipinski definition) is 1. The SMILES string of the molecule is Cc1c(-c2ccccc2)nc2cc(Cl)ccc2c1Nc1ccccc1. The van der Waals surface area contributed by atoms with Crippen molar-refractivity contribution in [2.24, 2.45) is 0 Å². The molecule has 1 N–H and O–H groups in total. The third-order valence-electron chi connectivity index (χ3n) is 4.28. The summed E-state index contributed by atoms with van der Waals surface area (Å²) >= 11 is 6.21. The second-order valence-electron chi connectivity index (χ2n) is 5.98. The van der Waals surface area contributed by atoms with Crippen LogP contribution in [0.25, 0.3) is 22.2 Å². The molecule has 0 aliphatic carbocycles. The van der Waals surface area contributed by atoms with Gasteiger partial charge in [-0.25, -0.2) is 4.98 Å². The van der Waals surface area contributed by atoms with Crippen LogP contribution in [0.1, 0.15) is 5.56 Å². The fourth-order valence-electron chi connectivity index (χ4n) is 3.04. The Labute approximate surface area is 152 Å². The van der Waals surface area contributed by atoms with Crippen molar-refractivity contribution in [1.29, 1.82) is 0 Å². The van der Waals surface area contributed by atoms with Crippen LogP contribution in [0.5, 0.6) is 0 Å². The van der Waals surface area contributed by atoms with E-state index in [2.05, 4.69) is 36.5 Å². The summed E-state index contributed by atoms with van der Waals surface area (Å²) in [7, 11) is 0. The molecule has 1 aromatic heterocycles. The monoisotopic (exact) mass is 344 g/mol. The van der Waals surface area contributed by atoms with Crippen LogP contribution in [0.15, 0.2) is 78.9 Å². The van der Waals surface area contributed by atoms with Crippen LogP contribution >= 0.6 is 11.6 Å². The first-order valence-corrected chi connectivity index (χ1v) is 8.57. The van der Waals surface area contributed by atoms with E-state index in [4.69, 9.17) is 16.6 Å². The van der Waals surface area contributed by atoms with Crippen LogP contribution in [0, 0.1) is 6.92 Å². The van der Waals surface area contributed by atoms with E-state index in [0.29, 0.717) is 5.02 Å². The molecule has 122 valence electrons. The maximum absolute atomic E-state index is 6.21. The Hall–Kier alpha value is -2.84. The second-order valence-corrected chi connectivity index (χ2v) is 6.42. The Bertz CT molecular complexity index is 1030. The lowest BCUT2D eigenvalue weighted by Gasteiger charge is -2.16. The van der Waals surface area contributed by atoms with Crippen molar-refractivity contribution in [2.75, 3.05) is 5.32 Å². The molecule has 0 saturated carbocycles. The Morgan fingerprint density at radius 3 is 2.24 bits per heavy atom. The van der Waals surface area contributed by atoms with Gasteiger partial charge in [-0.1, -0.05) is 60.1 Å². The van der Waals surface area contributed by atoms with Gasteiger partial charge in [-0.3, -0.25) is 0 Å². The zero-order valence-electron chi connectivity index (χ0n) is 13.8. The van der Waals surface area contributed by atoms with Crippen LogP contribution in [0.2, 0.25) is 5.02 Å². The van der Waals surface area contributed by atoms with Gasteiger partial charge in [0.25, 0.3) is 0 Å². The minimum atomic E-state index is 0.688. The Kier molecular flexibility index (Phi) is 4.12. The highest BCUT2D eigenvalue weighted by molar-refractivity contribution is 6.31. The number of fused-ring (bicyclic) bond motifs is 1. The van der Waals surface area contributed by atoms with Crippen molar-refractivity contribution < 1.29 is 0 Å². The normalized spacial score (nSPS) is 10.8. The number of para-hydroxylation sites is 1. The summed E-state index contributed by atoms with van der Waals surface area (Å²) in [4.78, 5) is 4.88. The molecule has 3 aromatic carbocycles. The molecule has 0 bridgehead atoms. The van der Waals surface area contributed by atoms with Crippen LogP contribution in [-0.2, 0) is 0 Å². The van der Waals surface area contributed by atoms with E-state index in [1.807, 2.05) is 54.6 Å². The van der Waals surface area contributed by atoms with E-state index in [0.717, 1.165) is 39.1 Å². The minimum Gasteiger partial charge on any atom is -0.355 e. The molecule has 3 heteroatoms. The number of rotatable bonds is 3. The van der Waals surface area contributed by atoms with Gasteiger partial charge in [0.05, 0.1) is 16.9 Å². The van der Waals surface area contributed by atoms with Gasteiger partial charge >= 0.3 is 0 Å². The molecule has 0 aliphatic heterocycles. The average molecular weight is 345 g/mol. The topological polar surface area (TPSA) is 24.9 Å². The molecule has 0 atom stereocenters. The first-order valence-electron chi connectivity index (χ1n) is 8.20. The van der Waals surface area contributed by atoms with E-state index in [-0.39, 0.29) is 0 Å². The Morgan fingerprint density at radius 1 is 0.840 bits per heavy atom. The number of benzene rings is 3. The van der Waals surface area contributed by atoms with E-state index >= 15 is 0 Å². The lowest BCUT2D eigenvalue weighted by molar-refractivity contribution is 1.32. The highest BCUT2D eigenvalue weighted by Crippen LogP contribution is 2.35. The van der Waals surface area contributed by atoms with Gasteiger partial charge in [0.2, 0.25) is 0 Å². The van der Waals surface area contributed by atoms with E-state index in [1.54, 1.807) is 0 Å². The number of hydrogen-bond acceptors (Lipinski definition) is 2. The van der Waals surface area contributed by atoms with Crippen molar-refractivity contribution in [2.45, 2.75) is 6.92 Å². The van der Waals surface area contributed by atoms with Gasteiger partial charge < -0.3 is 5.32 Å². The van der Waals surface area contributed by atoms with Gasteiger partial charge in [0.15, 0.2) is 0 Å². The van der Waals surface area contributed by atoms with Crippen LogP contribution < -0.4 is 5.32 Å². The molecule has 0 aliphatic rings. The molecule has 4 aromatic rings. The largest absolute Gasteiger partial charge is 0.355 e. The molecule has 2 nitrogen and oxygen atoms in total. The minimum absolute atomic E-state index is 0.688. The fourth-order valence-corrected chi connectivity index (χ4v) is 3.20. The summed E-state index contributed by atoms with van der Waals surface area (Å²) in [5, 5.41) is 5.31. The smallest absolute Gasteiger partial charge is 0.0759 e. The van der Waals surface area contributed by atoms with E-state index in [9.17, 15) is 0 Å². The highest BCUT2D eigenvalue weighted by atomic mass is 35.5. The molecule has 0 saturated heterocycles. The molecule has 0 amide bonds. The number of anilines is 2. The first kappa shape index (κ1) is 15.7. The van der Waals surface area contributed by atoms with E-state index in [1.165, 1.54) is 0 Å². The van der Waals surface area contributed by atoms with Crippen molar-refractivity contribution in [3.05, 3.63) is 89.4 Å². The van der Waals surface area contributed by atoms with Crippen molar-refractivity contribution in [1.82, 2.24) is 4.98 Å². The summed E-state index contributed by atoms with van der Waals surface area (Å²) in [6, 6.07) is 26.3. The molecule has 4 rings (SSSR count). The number of halogens is 1. The van der Waals surface area contributed by atoms with Crippen LogP contribution in [0.4, 0.5) is 11.4 Å². The van der Waals surface area contributed by atoms with Gasteiger partial charge in [-0.15, -0.1) is 0 Å². The molecule has 25 heavy (non-hydrogen) atoms. The molecule has 0 spiro atoms. The molecular weight excluding hydrogens is 328 g/mol. The second kappa shape index (κ2) is 6.58. The van der Waals surface area contributed by atoms with Gasteiger partial charge in [0, 0.05) is 21.7 Å². The van der Waals surface area contributed by atoms with Crippen LogP contribution in [-0.4, -0.2) is 4.98 Å². The van der Waals surface area contributed by atoms with Gasteiger partial charge in [0.1, 0.15) is 0 Å². The van der Waals surface area contributed by atoms with Crippen molar-refractivity contribution in [3.63, 3.8) is 0 Å². The third kappa shape index (κ3) is 3.09. The molecular formula is C22H17ClN2. The predicted octanol–water partition coefficient (Wildman–Crippen LogP) is 6.61. The lowest BCUT2D eigenvalue weighted by atomic mass is 10.0. The standard InChI is InChI=1S/C22H17ClN2/c1-15-21(16-8-4-2-5-9-16)25-20-14-17(23)12-13-19(20)22(15)24-18-10-6-3-7-11-18/h2-14H,1H3,(H,24,25). The fraction of sp³-hybridized carbons (Fsp3) is 0.0455. The molecule has 0 fully saturated rings. The first-order chi connectivity index (χ1) is 12.2. The van der Waals surface area contributed by atoms with Crippen molar-refractivity contribution in [3.8, 4) is 11.3 Å². The summed E-state index contributed by atoms with van der Waals surface area (Å²) in [6.45, 7) is 2.11. The molecule has 1 heterocycles. The summed E-state index contributed by atoms with van der Waals surface area (Å²) in [6.07, 6.45) is 0. The number of pyridine rings is 1. The summed E-state index contributed by atoms with van der Waals surface area (Å²) < 4.78 is 0. The predicted molar refractivity (Wildman–Crippen MR) is 107 cm³/mol. The Morgan fingerprint density at radius 2 is 1.52 bits per heavy atom. The highest BCUT2D eigenvalue weighted by Gasteiger charge is 2.14. The molecule has 0 radical (unpaired) electrons. The zero-order chi connectivity index (χ0) is 17.2. The lowest BCUT2D eigenvalue weighted by Crippen LogP contribution is -1.99. The molecule has 0 unspecified atom stereocenters. The zero-order valence-corrected chi connectivity index (χ0v) is 14.6. The maximum atomic E-state index is 6.21. The van der Waals surface area contributed by atoms with Gasteiger partial charge in [-0.2, -0.15) is 0 Å². The van der Waals surface area contributed by atoms with E-state index < -0.39 is 0 Å². The van der Waals surface area contributed by atoms with Crippen molar-refractivity contribution >= 4 is 33.9 Å². The quantitative estimate of drug-likeness (QED) is 0.452.